The molecular weight excluding hydrogens is 203 g/mol. The minimum atomic E-state index is -1.79. The van der Waals surface area contributed by atoms with Crippen LogP contribution in [0.3, 0.4) is 0 Å². The van der Waals surface area contributed by atoms with E-state index in [0.717, 1.165) is 0 Å². The van der Waals surface area contributed by atoms with Crippen molar-refractivity contribution in [1.82, 2.24) is 9.97 Å². The van der Waals surface area contributed by atoms with Crippen LogP contribution in [0.1, 0.15) is 21.0 Å². The van der Waals surface area contributed by atoms with Gasteiger partial charge in [-0.25, -0.2) is 9.78 Å². The molecule has 0 aliphatic carbocycles. The molecule has 0 fully saturated rings. The average molecular weight is 206 g/mol. The summed E-state index contributed by atoms with van der Waals surface area (Å²) < 4.78 is 0. The number of nitrogens with zero attached hydrogens (tertiary/aromatic N) is 1. The van der Waals surface area contributed by atoms with Crippen molar-refractivity contribution < 1.29 is 49.4 Å². The summed E-state index contributed by atoms with van der Waals surface area (Å²) in [6, 6.07) is 0. The number of carboxylic acids is 2. The largest absolute Gasteiger partial charge is 1.00 e. The Labute approximate surface area is 99.1 Å². The van der Waals surface area contributed by atoms with Gasteiger partial charge in [0.1, 0.15) is 0 Å². The predicted molar refractivity (Wildman–Crippen MR) is 36.1 cm³/mol. The Hall–Kier alpha value is -1.18. The molecule has 0 unspecified atom stereocenters. The number of rotatable bonds is 2. The summed E-state index contributed by atoms with van der Waals surface area (Å²) in [5.41, 5.74) is -2.39. The Morgan fingerprint density at radius 3 is 2.50 bits per heavy atom. The van der Waals surface area contributed by atoms with E-state index in [1.807, 2.05) is 0 Å². The number of aromatic carboxylic acids is 2. The van der Waals surface area contributed by atoms with Gasteiger partial charge in [-0.3, -0.25) is 4.79 Å². The summed E-state index contributed by atoms with van der Waals surface area (Å²) in [4.78, 5) is 36.2. The second-order valence-electron chi connectivity index (χ2n) is 2.06. The molecule has 14 heavy (non-hydrogen) atoms. The number of hydrogen-bond donors (Lipinski definition) is 2. The molecule has 0 spiro atoms. The normalized spacial score (nSPS) is 8.86. The van der Waals surface area contributed by atoms with Gasteiger partial charge < -0.3 is 20.0 Å². The zero-order valence-electron chi connectivity index (χ0n) is 7.10. The van der Waals surface area contributed by atoms with E-state index in [-0.39, 0.29) is 29.6 Å². The molecule has 0 aliphatic heterocycles. The Kier molecular flexibility index (Phi) is 4.48. The molecule has 1 rings (SSSR count). The second-order valence-corrected chi connectivity index (χ2v) is 2.06. The first kappa shape index (κ1) is 12.8. The summed E-state index contributed by atoms with van der Waals surface area (Å²) in [5, 5.41) is 18.7. The zero-order valence-corrected chi connectivity index (χ0v) is 9.10. The fourth-order valence-electron chi connectivity index (χ4n) is 0.712. The van der Waals surface area contributed by atoms with Crippen LogP contribution in [0.4, 0.5) is 0 Å². The monoisotopic (exact) mass is 206 g/mol. The third kappa shape index (κ3) is 2.66. The molecule has 1 aromatic rings. The van der Waals surface area contributed by atoms with Gasteiger partial charge in [-0.15, -0.1) is 0 Å². The summed E-state index contributed by atoms with van der Waals surface area (Å²) in [5.74, 6) is -3.34. The van der Waals surface area contributed by atoms with Crippen molar-refractivity contribution in [2.75, 3.05) is 0 Å². The molecule has 2 N–H and O–H groups in total. The van der Waals surface area contributed by atoms with Crippen molar-refractivity contribution in [2.24, 2.45) is 0 Å². The maximum atomic E-state index is 10.6. The van der Waals surface area contributed by atoms with Gasteiger partial charge in [0, 0.05) is 0 Å². The SMILES string of the molecule is O=C(O)c1ncc(=O)[nH]c1C(=O)[O-].[Na+]. The number of aromatic amines is 1. The van der Waals surface area contributed by atoms with Crippen molar-refractivity contribution >= 4 is 11.9 Å². The topological polar surface area (TPSA) is 123 Å². The fraction of sp³-hybridized carbons (Fsp3) is 0. The molecule has 0 amide bonds. The van der Waals surface area contributed by atoms with E-state index in [0.29, 0.717) is 6.20 Å². The third-order valence-electron chi connectivity index (χ3n) is 1.20. The van der Waals surface area contributed by atoms with Gasteiger partial charge in [0.25, 0.3) is 5.56 Å². The molecule has 0 radical (unpaired) electrons. The Morgan fingerprint density at radius 2 is 2.07 bits per heavy atom. The maximum Gasteiger partial charge on any atom is 1.00 e. The Balaban J connectivity index is 0.00000169. The van der Waals surface area contributed by atoms with Crippen LogP contribution in [0.2, 0.25) is 0 Å². The number of H-pyrrole nitrogens is 1. The van der Waals surface area contributed by atoms with Crippen LogP contribution in [0.15, 0.2) is 11.0 Å². The number of carbonyl (C=O) groups excluding carboxylic acids is 1. The van der Waals surface area contributed by atoms with Crippen molar-refractivity contribution in [3.63, 3.8) is 0 Å². The van der Waals surface area contributed by atoms with Crippen molar-refractivity contribution in [1.29, 1.82) is 0 Å². The van der Waals surface area contributed by atoms with Crippen LogP contribution in [-0.2, 0) is 0 Å². The summed E-state index contributed by atoms with van der Waals surface area (Å²) in [7, 11) is 0. The second kappa shape index (κ2) is 4.89. The van der Waals surface area contributed by atoms with Crippen LogP contribution in [-0.4, -0.2) is 27.0 Å². The molecule has 1 aromatic heterocycles. The first-order chi connectivity index (χ1) is 6.02. The molecule has 7 nitrogen and oxygen atoms in total. The number of hydrogen-bond acceptors (Lipinski definition) is 5. The van der Waals surface area contributed by atoms with Gasteiger partial charge in [-0.1, -0.05) is 0 Å². The Bertz CT molecular complexity index is 426. The Morgan fingerprint density at radius 1 is 1.50 bits per heavy atom. The fourth-order valence-corrected chi connectivity index (χ4v) is 0.712. The quantitative estimate of drug-likeness (QED) is 0.466. The number of carboxylic acid groups (broad SMARTS) is 2. The van der Waals surface area contributed by atoms with Gasteiger partial charge in [0.2, 0.25) is 0 Å². The van der Waals surface area contributed by atoms with Crippen LogP contribution < -0.4 is 40.2 Å². The van der Waals surface area contributed by atoms with Gasteiger partial charge in [-0.2, -0.15) is 0 Å². The van der Waals surface area contributed by atoms with Crippen LogP contribution >= 0.6 is 0 Å². The van der Waals surface area contributed by atoms with E-state index >= 15 is 0 Å². The van der Waals surface area contributed by atoms with Gasteiger partial charge in [0.05, 0.1) is 17.9 Å². The van der Waals surface area contributed by atoms with Gasteiger partial charge in [-0.05, 0) is 0 Å². The molecule has 0 aromatic carbocycles. The van der Waals surface area contributed by atoms with Crippen LogP contribution in [0.25, 0.3) is 0 Å². The molecular formula is C6H3N2NaO5. The van der Waals surface area contributed by atoms with E-state index in [1.165, 1.54) is 0 Å². The van der Waals surface area contributed by atoms with Crippen molar-refractivity contribution in [3.05, 3.63) is 27.9 Å². The minimum Gasteiger partial charge on any atom is -0.543 e. The minimum absolute atomic E-state index is 0. The average Bonchev–Trinajstić information content (AvgIpc) is 2.03. The molecule has 68 valence electrons. The number of aromatic nitrogens is 2. The standard InChI is InChI=1S/C6H4N2O5.Na/c9-2-1-7-3(5(10)11)4(8-2)6(12)13;/h1H,(H,8,9)(H,10,11)(H,12,13);/q;+1/p-1. The van der Waals surface area contributed by atoms with Crippen LogP contribution in [0, 0.1) is 0 Å². The first-order valence-corrected chi connectivity index (χ1v) is 3.06. The van der Waals surface area contributed by atoms with E-state index in [4.69, 9.17) is 5.11 Å². The number of nitrogens with one attached hydrogen (secondary N) is 1. The van der Waals surface area contributed by atoms with E-state index in [1.54, 1.807) is 4.98 Å². The van der Waals surface area contributed by atoms with Crippen LogP contribution in [0.5, 0.6) is 0 Å². The smallest absolute Gasteiger partial charge is 0.543 e. The summed E-state index contributed by atoms with van der Waals surface area (Å²) in [6.07, 6.45) is 0.676. The number of carbonyl (C=O) groups is 2. The molecule has 0 saturated carbocycles. The third-order valence-corrected chi connectivity index (χ3v) is 1.20. The molecule has 0 aliphatic rings. The predicted octanol–water partition coefficient (Wildman–Crippen LogP) is -5.16. The molecule has 0 saturated heterocycles. The van der Waals surface area contributed by atoms with E-state index in [9.17, 15) is 19.5 Å². The maximum absolute atomic E-state index is 10.6. The molecule has 0 bridgehead atoms. The molecule has 0 atom stereocenters. The van der Waals surface area contributed by atoms with Crippen molar-refractivity contribution in [2.45, 2.75) is 0 Å². The van der Waals surface area contributed by atoms with Gasteiger partial charge in [0.15, 0.2) is 5.69 Å². The van der Waals surface area contributed by atoms with Crippen molar-refractivity contribution in [3.8, 4) is 0 Å². The zero-order chi connectivity index (χ0) is 10.0. The summed E-state index contributed by atoms with van der Waals surface area (Å²) in [6.45, 7) is 0. The first-order valence-electron chi connectivity index (χ1n) is 3.06. The van der Waals surface area contributed by atoms with E-state index in [2.05, 4.69) is 4.98 Å². The molecule has 8 heteroatoms. The van der Waals surface area contributed by atoms with Gasteiger partial charge >= 0.3 is 35.5 Å². The molecule has 1 heterocycles. The van der Waals surface area contributed by atoms with E-state index < -0.39 is 28.9 Å². The summed E-state index contributed by atoms with van der Waals surface area (Å²) >= 11 is 0.